The molecule has 0 unspecified atom stereocenters. The Morgan fingerprint density at radius 2 is 1.87 bits per heavy atom. The van der Waals surface area contributed by atoms with Gasteiger partial charge in [0.05, 0.1) is 12.7 Å². The molecule has 0 spiro atoms. The lowest BCUT2D eigenvalue weighted by Crippen LogP contribution is -2.05. The van der Waals surface area contributed by atoms with E-state index in [0.717, 1.165) is 0 Å². The molecule has 0 saturated carbocycles. The molecule has 5 heteroatoms. The van der Waals surface area contributed by atoms with Crippen molar-refractivity contribution in [3.8, 4) is 6.07 Å². The number of carboxylic acid groups (broad SMARTS) is 1. The van der Waals surface area contributed by atoms with E-state index in [0.29, 0.717) is 25.7 Å². The molecule has 0 aliphatic carbocycles. The number of aliphatic carboxylic acids is 1. The van der Waals surface area contributed by atoms with E-state index in [-0.39, 0.29) is 25.4 Å². The van der Waals surface area contributed by atoms with Gasteiger partial charge >= 0.3 is 11.9 Å². The minimum atomic E-state index is -0.850. The molecule has 0 bridgehead atoms. The van der Waals surface area contributed by atoms with Crippen molar-refractivity contribution in [2.75, 3.05) is 6.61 Å². The van der Waals surface area contributed by atoms with E-state index in [2.05, 4.69) is 0 Å². The minimum Gasteiger partial charge on any atom is -0.481 e. The highest BCUT2D eigenvalue weighted by Crippen LogP contribution is 2.01. The molecule has 0 atom stereocenters. The van der Waals surface area contributed by atoms with Gasteiger partial charge in [0.2, 0.25) is 0 Å². The summed E-state index contributed by atoms with van der Waals surface area (Å²) in [5.41, 5.74) is 0. The largest absolute Gasteiger partial charge is 0.481 e. The number of hydrogen-bond donors (Lipinski definition) is 1. The summed E-state index contributed by atoms with van der Waals surface area (Å²) in [7, 11) is 0. The van der Waals surface area contributed by atoms with Crippen molar-refractivity contribution in [1.29, 1.82) is 5.26 Å². The molecule has 0 radical (unpaired) electrons. The smallest absolute Gasteiger partial charge is 0.305 e. The third kappa shape index (κ3) is 10.4. The molecular formula is C10H15NO4. The lowest BCUT2D eigenvalue weighted by atomic mass is 10.2. The van der Waals surface area contributed by atoms with E-state index in [9.17, 15) is 9.59 Å². The van der Waals surface area contributed by atoms with E-state index in [1.165, 1.54) is 0 Å². The maximum atomic E-state index is 11.0. The summed E-state index contributed by atoms with van der Waals surface area (Å²) >= 11 is 0. The molecule has 0 fully saturated rings. The highest BCUT2D eigenvalue weighted by Gasteiger charge is 2.03. The normalized spacial score (nSPS) is 9.27. The Morgan fingerprint density at radius 3 is 2.47 bits per heavy atom. The fourth-order valence-electron chi connectivity index (χ4n) is 0.955. The van der Waals surface area contributed by atoms with Crippen molar-refractivity contribution in [3.63, 3.8) is 0 Å². The number of hydrogen-bond acceptors (Lipinski definition) is 4. The average molecular weight is 213 g/mol. The molecule has 84 valence electrons. The molecule has 0 aromatic carbocycles. The summed E-state index contributed by atoms with van der Waals surface area (Å²) in [6.07, 6.45) is 2.29. The zero-order chi connectivity index (χ0) is 11.5. The molecule has 0 aliphatic heterocycles. The number of carbonyl (C=O) groups is 2. The number of carbonyl (C=O) groups excluding carboxylic acids is 1. The van der Waals surface area contributed by atoms with Crippen molar-refractivity contribution in [1.82, 2.24) is 0 Å². The van der Waals surface area contributed by atoms with Crippen LogP contribution in [-0.2, 0) is 14.3 Å². The minimum absolute atomic E-state index is 0.0850. The van der Waals surface area contributed by atoms with Crippen LogP contribution in [0.5, 0.6) is 0 Å². The molecule has 0 aromatic rings. The van der Waals surface area contributed by atoms with Crippen LogP contribution >= 0.6 is 0 Å². The van der Waals surface area contributed by atoms with E-state index >= 15 is 0 Å². The first kappa shape index (κ1) is 13.4. The molecule has 0 aliphatic rings. The van der Waals surface area contributed by atoms with Gasteiger partial charge in [-0.15, -0.1) is 0 Å². The van der Waals surface area contributed by atoms with E-state index in [4.69, 9.17) is 15.1 Å². The molecule has 1 N–H and O–H groups in total. The first-order chi connectivity index (χ1) is 7.16. The maximum Gasteiger partial charge on any atom is 0.305 e. The Bertz CT molecular complexity index is 244. The Hall–Kier alpha value is -1.57. The molecule has 0 saturated heterocycles. The predicted octanol–water partition coefficient (Wildman–Crippen LogP) is 1.48. The zero-order valence-electron chi connectivity index (χ0n) is 8.57. The topological polar surface area (TPSA) is 87.4 Å². The van der Waals surface area contributed by atoms with E-state index < -0.39 is 5.97 Å². The number of rotatable bonds is 8. The second kappa shape index (κ2) is 9.00. The Labute approximate surface area is 88.6 Å². The van der Waals surface area contributed by atoms with E-state index in [1.54, 1.807) is 0 Å². The Kier molecular flexibility index (Phi) is 8.06. The van der Waals surface area contributed by atoms with Gasteiger partial charge in [-0.2, -0.15) is 5.26 Å². The van der Waals surface area contributed by atoms with Crippen molar-refractivity contribution in [3.05, 3.63) is 0 Å². The first-order valence-electron chi connectivity index (χ1n) is 4.91. The van der Waals surface area contributed by atoms with E-state index in [1.807, 2.05) is 6.07 Å². The quantitative estimate of drug-likeness (QED) is 0.487. The molecule has 15 heavy (non-hydrogen) atoms. The van der Waals surface area contributed by atoms with Gasteiger partial charge in [-0.3, -0.25) is 9.59 Å². The maximum absolute atomic E-state index is 11.0. The number of nitriles is 1. The summed E-state index contributed by atoms with van der Waals surface area (Å²) in [6, 6.07) is 1.95. The first-order valence-corrected chi connectivity index (χ1v) is 4.91. The van der Waals surface area contributed by atoms with Crippen molar-refractivity contribution in [2.24, 2.45) is 0 Å². The summed E-state index contributed by atoms with van der Waals surface area (Å²) < 4.78 is 4.81. The Morgan fingerprint density at radius 1 is 1.20 bits per heavy atom. The van der Waals surface area contributed by atoms with Crippen LogP contribution in [0, 0.1) is 11.3 Å². The molecule has 0 rings (SSSR count). The molecule has 0 heterocycles. The van der Waals surface area contributed by atoms with Gasteiger partial charge in [0, 0.05) is 19.3 Å². The summed E-state index contributed by atoms with van der Waals surface area (Å²) in [5, 5.41) is 16.5. The van der Waals surface area contributed by atoms with Gasteiger partial charge in [-0.25, -0.2) is 0 Å². The average Bonchev–Trinajstić information content (AvgIpc) is 2.19. The fraction of sp³-hybridized carbons (Fsp3) is 0.700. The molecule has 0 aromatic heterocycles. The SMILES string of the molecule is N#CCCCOC(=O)CCCCC(=O)O. The summed E-state index contributed by atoms with van der Waals surface area (Å²) in [5.74, 6) is -1.17. The van der Waals surface area contributed by atoms with Crippen LogP contribution in [0.25, 0.3) is 0 Å². The van der Waals surface area contributed by atoms with Gasteiger partial charge in [0.15, 0.2) is 0 Å². The van der Waals surface area contributed by atoms with Crippen LogP contribution in [-0.4, -0.2) is 23.7 Å². The molecular weight excluding hydrogens is 198 g/mol. The third-order valence-electron chi connectivity index (χ3n) is 1.72. The lowest BCUT2D eigenvalue weighted by Gasteiger charge is -2.02. The van der Waals surface area contributed by atoms with Crippen LogP contribution in [0.4, 0.5) is 0 Å². The summed E-state index contributed by atoms with van der Waals surface area (Å²) in [4.78, 5) is 21.1. The van der Waals surface area contributed by atoms with Gasteiger partial charge in [-0.1, -0.05) is 0 Å². The van der Waals surface area contributed by atoms with Gasteiger partial charge in [-0.05, 0) is 19.3 Å². The van der Waals surface area contributed by atoms with Crippen molar-refractivity contribution in [2.45, 2.75) is 38.5 Å². The number of esters is 1. The number of carboxylic acids is 1. The number of nitrogens with zero attached hydrogens (tertiary/aromatic N) is 1. The number of ether oxygens (including phenoxy) is 1. The van der Waals surface area contributed by atoms with Crippen LogP contribution in [0.2, 0.25) is 0 Å². The second-order valence-electron chi connectivity index (χ2n) is 3.08. The Balaban J connectivity index is 3.27. The van der Waals surface area contributed by atoms with Crippen molar-refractivity contribution >= 4 is 11.9 Å². The van der Waals surface area contributed by atoms with Crippen LogP contribution in [0.15, 0.2) is 0 Å². The number of unbranched alkanes of at least 4 members (excludes halogenated alkanes) is 2. The molecule has 5 nitrogen and oxygen atoms in total. The van der Waals surface area contributed by atoms with Crippen molar-refractivity contribution < 1.29 is 19.4 Å². The predicted molar refractivity (Wildman–Crippen MR) is 51.9 cm³/mol. The lowest BCUT2D eigenvalue weighted by molar-refractivity contribution is -0.144. The monoisotopic (exact) mass is 213 g/mol. The van der Waals surface area contributed by atoms with Crippen LogP contribution in [0.3, 0.4) is 0 Å². The van der Waals surface area contributed by atoms with Crippen LogP contribution in [0.1, 0.15) is 38.5 Å². The molecule has 0 amide bonds. The fourth-order valence-corrected chi connectivity index (χ4v) is 0.955. The van der Waals surface area contributed by atoms with Gasteiger partial charge in [0.25, 0.3) is 0 Å². The highest BCUT2D eigenvalue weighted by molar-refractivity contribution is 5.69. The third-order valence-corrected chi connectivity index (χ3v) is 1.72. The summed E-state index contributed by atoms with van der Waals surface area (Å²) in [6.45, 7) is 0.269. The second-order valence-corrected chi connectivity index (χ2v) is 3.08. The van der Waals surface area contributed by atoms with Gasteiger partial charge < -0.3 is 9.84 Å². The highest BCUT2D eigenvalue weighted by atomic mass is 16.5. The zero-order valence-corrected chi connectivity index (χ0v) is 8.57. The van der Waals surface area contributed by atoms with Crippen LogP contribution < -0.4 is 0 Å². The van der Waals surface area contributed by atoms with Gasteiger partial charge in [0.1, 0.15) is 0 Å². The standard InChI is InChI=1S/C10H15NO4/c11-7-3-4-8-15-10(14)6-2-1-5-9(12)13/h1-6,8H2,(H,12,13).